The molecule has 1 aromatic carbocycles. The van der Waals surface area contributed by atoms with Crippen LogP contribution in [-0.2, 0) is 12.0 Å². The van der Waals surface area contributed by atoms with Crippen molar-refractivity contribution >= 4 is 5.82 Å². The summed E-state index contributed by atoms with van der Waals surface area (Å²) < 4.78 is 5.84. The third kappa shape index (κ3) is 3.73. The van der Waals surface area contributed by atoms with E-state index in [1.54, 1.807) is 0 Å². The number of benzene rings is 1. The van der Waals surface area contributed by atoms with E-state index in [1.165, 1.54) is 5.56 Å². The molecule has 1 N–H and O–H groups in total. The van der Waals surface area contributed by atoms with Gasteiger partial charge in [0.2, 0.25) is 0 Å². The summed E-state index contributed by atoms with van der Waals surface area (Å²) in [5.74, 6) is 1.76. The molecule has 1 heterocycles. The molecule has 0 unspecified atom stereocenters. The number of anilines is 1. The molecule has 0 atom stereocenters. The molecule has 0 spiro atoms. The van der Waals surface area contributed by atoms with Crippen molar-refractivity contribution in [1.82, 2.24) is 4.98 Å². The van der Waals surface area contributed by atoms with Crippen LogP contribution in [0.15, 0.2) is 42.6 Å². The Morgan fingerprint density at radius 1 is 1.15 bits per heavy atom. The van der Waals surface area contributed by atoms with Crippen molar-refractivity contribution in [2.45, 2.75) is 32.8 Å². The topological polar surface area (TPSA) is 34.1 Å². The highest BCUT2D eigenvalue weighted by Gasteiger charge is 2.13. The Morgan fingerprint density at radius 2 is 1.95 bits per heavy atom. The molecule has 1 aromatic heterocycles. The van der Waals surface area contributed by atoms with Gasteiger partial charge in [0.15, 0.2) is 0 Å². The zero-order chi connectivity index (χ0) is 14.6. The highest BCUT2D eigenvalue weighted by atomic mass is 16.5. The average Bonchev–Trinajstić information content (AvgIpc) is 2.45. The van der Waals surface area contributed by atoms with E-state index in [1.807, 2.05) is 37.5 Å². The Hall–Kier alpha value is -2.03. The van der Waals surface area contributed by atoms with Gasteiger partial charge in [-0.2, -0.15) is 0 Å². The maximum absolute atomic E-state index is 5.84. The number of hydrogen-bond acceptors (Lipinski definition) is 3. The quantitative estimate of drug-likeness (QED) is 0.911. The SMILES string of the molecule is CNc1ccc(COc2cccc(C(C)(C)C)c2)cn1. The second-order valence-electron chi connectivity index (χ2n) is 5.87. The number of aromatic nitrogens is 1. The van der Waals surface area contributed by atoms with E-state index in [2.05, 4.69) is 43.2 Å². The standard InChI is InChI=1S/C17H22N2O/c1-17(2,3)14-6-5-7-15(10-14)20-12-13-8-9-16(18-4)19-11-13/h5-11H,12H2,1-4H3,(H,18,19). The predicted octanol–water partition coefficient (Wildman–Crippen LogP) is 4.00. The van der Waals surface area contributed by atoms with Crippen molar-refractivity contribution in [1.29, 1.82) is 0 Å². The molecule has 20 heavy (non-hydrogen) atoms. The molecule has 2 rings (SSSR count). The fraction of sp³-hybridized carbons (Fsp3) is 0.353. The fourth-order valence-electron chi connectivity index (χ4n) is 1.88. The van der Waals surface area contributed by atoms with E-state index >= 15 is 0 Å². The normalized spacial score (nSPS) is 11.2. The van der Waals surface area contributed by atoms with Crippen molar-refractivity contribution < 1.29 is 4.74 Å². The fourth-order valence-corrected chi connectivity index (χ4v) is 1.88. The molecule has 0 saturated carbocycles. The van der Waals surface area contributed by atoms with Gasteiger partial charge >= 0.3 is 0 Å². The molecule has 2 aromatic rings. The summed E-state index contributed by atoms with van der Waals surface area (Å²) in [5.41, 5.74) is 2.47. The van der Waals surface area contributed by atoms with Crippen LogP contribution >= 0.6 is 0 Å². The van der Waals surface area contributed by atoms with Crippen LogP contribution in [-0.4, -0.2) is 12.0 Å². The summed E-state index contributed by atoms with van der Waals surface area (Å²) in [5, 5.41) is 3.00. The number of pyridine rings is 1. The van der Waals surface area contributed by atoms with E-state index in [0.29, 0.717) is 6.61 Å². The predicted molar refractivity (Wildman–Crippen MR) is 83.3 cm³/mol. The monoisotopic (exact) mass is 270 g/mol. The van der Waals surface area contributed by atoms with Crippen LogP contribution in [0, 0.1) is 0 Å². The molecule has 0 saturated heterocycles. The number of nitrogens with zero attached hydrogens (tertiary/aromatic N) is 1. The van der Waals surface area contributed by atoms with Gasteiger partial charge in [-0.1, -0.05) is 39.0 Å². The summed E-state index contributed by atoms with van der Waals surface area (Å²) >= 11 is 0. The highest BCUT2D eigenvalue weighted by molar-refractivity contribution is 5.35. The molecule has 0 bridgehead atoms. The first-order valence-electron chi connectivity index (χ1n) is 6.85. The van der Waals surface area contributed by atoms with Crippen LogP contribution in [0.4, 0.5) is 5.82 Å². The average molecular weight is 270 g/mol. The molecule has 3 nitrogen and oxygen atoms in total. The highest BCUT2D eigenvalue weighted by Crippen LogP contribution is 2.25. The lowest BCUT2D eigenvalue weighted by atomic mass is 9.87. The van der Waals surface area contributed by atoms with Crippen molar-refractivity contribution in [3.63, 3.8) is 0 Å². The van der Waals surface area contributed by atoms with Gasteiger partial charge in [-0.3, -0.25) is 0 Å². The molecular weight excluding hydrogens is 248 g/mol. The lowest BCUT2D eigenvalue weighted by molar-refractivity contribution is 0.305. The van der Waals surface area contributed by atoms with Gasteiger partial charge < -0.3 is 10.1 Å². The Kier molecular flexibility index (Phi) is 4.28. The van der Waals surface area contributed by atoms with Crippen LogP contribution in [0.1, 0.15) is 31.9 Å². The lowest BCUT2D eigenvalue weighted by Gasteiger charge is -2.19. The van der Waals surface area contributed by atoms with Crippen LogP contribution in [0.5, 0.6) is 5.75 Å². The first-order chi connectivity index (χ1) is 9.49. The van der Waals surface area contributed by atoms with Crippen LogP contribution in [0.2, 0.25) is 0 Å². The van der Waals surface area contributed by atoms with Gasteiger partial charge in [-0.15, -0.1) is 0 Å². The maximum atomic E-state index is 5.84. The van der Waals surface area contributed by atoms with Crippen molar-refractivity contribution in [3.8, 4) is 5.75 Å². The lowest BCUT2D eigenvalue weighted by Crippen LogP contribution is -2.11. The van der Waals surface area contributed by atoms with Crippen LogP contribution < -0.4 is 10.1 Å². The van der Waals surface area contributed by atoms with Crippen LogP contribution in [0.3, 0.4) is 0 Å². The van der Waals surface area contributed by atoms with Crippen molar-refractivity contribution in [3.05, 3.63) is 53.7 Å². The Labute approximate surface area is 121 Å². The first kappa shape index (κ1) is 14.4. The van der Waals surface area contributed by atoms with E-state index < -0.39 is 0 Å². The summed E-state index contributed by atoms with van der Waals surface area (Å²) in [7, 11) is 1.86. The van der Waals surface area contributed by atoms with Gasteiger partial charge in [0.1, 0.15) is 18.2 Å². The van der Waals surface area contributed by atoms with Crippen molar-refractivity contribution in [2.75, 3.05) is 12.4 Å². The summed E-state index contributed by atoms with van der Waals surface area (Å²) in [6, 6.07) is 12.2. The number of ether oxygens (including phenoxy) is 1. The molecule has 0 radical (unpaired) electrons. The minimum absolute atomic E-state index is 0.134. The number of hydrogen-bond donors (Lipinski definition) is 1. The zero-order valence-corrected chi connectivity index (χ0v) is 12.6. The van der Waals surface area contributed by atoms with Gasteiger partial charge in [-0.25, -0.2) is 4.98 Å². The second-order valence-corrected chi connectivity index (χ2v) is 5.87. The Morgan fingerprint density at radius 3 is 2.55 bits per heavy atom. The molecule has 3 heteroatoms. The Bertz CT molecular complexity index is 556. The molecule has 0 aliphatic carbocycles. The molecule has 0 aliphatic rings. The molecule has 0 fully saturated rings. The smallest absolute Gasteiger partial charge is 0.125 e. The summed E-state index contributed by atoms with van der Waals surface area (Å²) in [4.78, 5) is 4.28. The van der Waals surface area contributed by atoms with E-state index in [0.717, 1.165) is 17.1 Å². The molecular formula is C17H22N2O. The largest absolute Gasteiger partial charge is 0.489 e. The molecule has 106 valence electrons. The minimum Gasteiger partial charge on any atom is -0.489 e. The van der Waals surface area contributed by atoms with Gasteiger partial charge in [0, 0.05) is 18.8 Å². The zero-order valence-electron chi connectivity index (χ0n) is 12.6. The molecule has 0 amide bonds. The van der Waals surface area contributed by atoms with E-state index in [4.69, 9.17) is 4.74 Å². The third-order valence-corrected chi connectivity index (χ3v) is 3.19. The van der Waals surface area contributed by atoms with Gasteiger partial charge in [0.25, 0.3) is 0 Å². The van der Waals surface area contributed by atoms with Gasteiger partial charge in [-0.05, 0) is 29.2 Å². The maximum Gasteiger partial charge on any atom is 0.125 e. The minimum atomic E-state index is 0.134. The third-order valence-electron chi connectivity index (χ3n) is 3.19. The Balaban J connectivity index is 2.03. The number of nitrogens with one attached hydrogen (secondary N) is 1. The summed E-state index contributed by atoms with van der Waals surface area (Å²) in [6.45, 7) is 7.14. The second kappa shape index (κ2) is 5.95. The van der Waals surface area contributed by atoms with E-state index in [9.17, 15) is 0 Å². The summed E-state index contributed by atoms with van der Waals surface area (Å²) in [6.07, 6.45) is 1.83. The van der Waals surface area contributed by atoms with Crippen LogP contribution in [0.25, 0.3) is 0 Å². The van der Waals surface area contributed by atoms with E-state index in [-0.39, 0.29) is 5.41 Å². The first-order valence-corrected chi connectivity index (χ1v) is 6.85. The van der Waals surface area contributed by atoms with Crippen molar-refractivity contribution in [2.24, 2.45) is 0 Å². The molecule has 0 aliphatic heterocycles. The number of rotatable bonds is 4. The van der Waals surface area contributed by atoms with Gasteiger partial charge in [0.05, 0.1) is 0 Å².